The third kappa shape index (κ3) is 3.44. The van der Waals surface area contributed by atoms with Crippen LogP contribution in [0.25, 0.3) is 0 Å². The van der Waals surface area contributed by atoms with E-state index in [4.69, 9.17) is 4.74 Å². The molecular weight excluding hydrogens is 472 g/mol. The lowest BCUT2D eigenvalue weighted by Gasteiger charge is -2.13. The van der Waals surface area contributed by atoms with Crippen molar-refractivity contribution in [1.82, 2.24) is 14.5 Å². The van der Waals surface area contributed by atoms with Gasteiger partial charge in [-0.25, -0.2) is 4.98 Å². The second kappa shape index (κ2) is 6.95. The first-order valence-corrected chi connectivity index (χ1v) is 7.88. The standard InChI is InChI=1S/C12H13I2N3O2/c1-2-19-7-17-11(14)10(13)16-12(17)9(18)8-4-3-5-15-6-8/h3-6,9,18H,2,7H2,1H3/t9-/m0/s1. The number of pyridine rings is 1. The molecule has 2 aromatic heterocycles. The summed E-state index contributed by atoms with van der Waals surface area (Å²) < 4.78 is 9.13. The van der Waals surface area contributed by atoms with E-state index >= 15 is 0 Å². The molecule has 0 aliphatic heterocycles. The Labute approximate surface area is 138 Å². The van der Waals surface area contributed by atoms with Gasteiger partial charge in [0.2, 0.25) is 0 Å². The lowest BCUT2D eigenvalue weighted by atomic mass is 10.1. The number of aliphatic hydroxyl groups excluding tert-OH is 1. The van der Waals surface area contributed by atoms with Gasteiger partial charge in [0.05, 0.1) is 0 Å². The Morgan fingerprint density at radius 3 is 2.89 bits per heavy atom. The molecule has 0 saturated heterocycles. The van der Waals surface area contributed by atoms with E-state index in [2.05, 4.69) is 55.1 Å². The number of aliphatic hydroxyl groups is 1. The quantitative estimate of drug-likeness (QED) is 0.663. The molecule has 0 unspecified atom stereocenters. The fraction of sp³-hybridized carbons (Fsp3) is 0.333. The molecule has 0 bridgehead atoms. The summed E-state index contributed by atoms with van der Waals surface area (Å²) in [5, 5.41) is 10.4. The van der Waals surface area contributed by atoms with Gasteiger partial charge in [0.25, 0.3) is 0 Å². The van der Waals surface area contributed by atoms with Crippen molar-refractivity contribution in [3.8, 4) is 0 Å². The molecule has 7 heteroatoms. The molecule has 1 atom stereocenters. The number of ether oxygens (including phenoxy) is 1. The Balaban J connectivity index is 2.36. The molecule has 5 nitrogen and oxygen atoms in total. The van der Waals surface area contributed by atoms with E-state index in [0.29, 0.717) is 19.2 Å². The minimum atomic E-state index is -0.800. The van der Waals surface area contributed by atoms with Crippen molar-refractivity contribution in [3.05, 3.63) is 43.3 Å². The van der Waals surface area contributed by atoms with Crippen molar-refractivity contribution in [2.75, 3.05) is 6.61 Å². The van der Waals surface area contributed by atoms with E-state index in [0.717, 1.165) is 13.0 Å². The van der Waals surface area contributed by atoms with Gasteiger partial charge >= 0.3 is 0 Å². The lowest BCUT2D eigenvalue weighted by Crippen LogP contribution is -2.13. The van der Waals surface area contributed by atoms with E-state index < -0.39 is 6.10 Å². The summed E-state index contributed by atoms with van der Waals surface area (Å²) in [6, 6.07) is 3.63. The van der Waals surface area contributed by atoms with Crippen LogP contribution < -0.4 is 0 Å². The van der Waals surface area contributed by atoms with Gasteiger partial charge in [0.1, 0.15) is 26.1 Å². The van der Waals surface area contributed by atoms with Crippen LogP contribution in [-0.4, -0.2) is 26.2 Å². The van der Waals surface area contributed by atoms with Crippen LogP contribution in [0, 0.1) is 7.40 Å². The number of nitrogens with zero attached hydrogens (tertiary/aromatic N) is 3. The average molecular weight is 485 g/mol. The maximum Gasteiger partial charge on any atom is 0.146 e. The van der Waals surface area contributed by atoms with Gasteiger partial charge in [-0.2, -0.15) is 0 Å². The highest BCUT2D eigenvalue weighted by Gasteiger charge is 2.21. The van der Waals surface area contributed by atoms with Crippen molar-refractivity contribution in [3.63, 3.8) is 0 Å². The molecule has 2 heterocycles. The number of hydrogen-bond donors (Lipinski definition) is 1. The number of rotatable bonds is 5. The summed E-state index contributed by atoms with van der Waals surface area (Å²) in [6.45, 7) is 2.94. The van der Waals surface area contributed by atoms with Crippen molar-refractivity contribution in [2.24, 2.45) is 0 Å². The summed E-state index contributed by atoms with van der Waals surface area (Å²) in [6.07, 6.45) is 2.52. The predicted molar refractivity (Wildman–Crippen MR) is 87.6 cm³/mol. The van der Waals surface area contributed by atoms with Crippen LogP contribution in [0.2, 0.25) is 0 Å². The highest BCUT2D eigenvalue weighted by molar-refractivity contribution is 14.1. The smallest absolute Gasteiger partial charge is 0.146 e. The molecule has 1 N–H and O–H groups in total. The van der Waals surface area contributed by atoms with Crippen LogP contribution in [0.15, 0.2) is 24.5 Å². The highest BCUT2D eigenvalue weighted by Crippen LogP contribution is 2.25. The SMILES string of the molecule is CCOCn1c([C@@H](O)c2cccnc2)nc(I)c1I. The molecule has 0 saturated carbocycles. The first kappa shape index (κ1) is 15.1. The first-order valence-electron chi connectivity index (χ1n) is 5.72. The van der Waals surface area contributed by atoms with Crippen LogP contribution >= 0.6 is 45.2 Å². The van der Waals surface area contributed by atoms with Gasteiger partial charge in [-0.3, -0.25) is 9.55 Å². The monoisotopic (exact) mass is 485 g/mol. The molecule has 0 fully saturated rings. The second-order valence-electron chi connectivity index (χ2n) is 3.79. The minimum Gasteiger partial charge on any atom is -0.380 e. The van der Waals surface area contributed by atoms with E-state index in [1.165, 1.54) is 0 Å². The van der Waals surface area contributed by atoms with Gasteiger partial charge in [-0.15, -0.1) is 0 Å². The number of imidazole rings is 1. The average Bonchev–Trinajstić information content (AvgIpc) is 2.73. The second-order valence-corrected chi connectivity index (χ2v) is 5.83. The fourth-order valence-corrected chi connectivity index (χ4v) is 2.67. The largest absolute Gasteiger partial charge is 0.380 e. The van der Waals surface area contributed by atoms with Crippen molar-refractivity contribution in [2.45, 2.75) is 19.8 Å². The molecule has 0 aromatic carbocycles. The van der Waals surface area contributed by atoms with E-state index in [1.54, 1.807) is 18.5 Å². The van der Waals surface area contributed by atoms with Gasteiger partial charge in [0, 0.05) is 24.6 Å². The minimum absolute atomic E-state index is 0.386. The first-order chi connectivity index (χ1) is 9.15. The van der Waals surface area contributed by atoms with Crippen LogP contribution in [0.1, 0.15) is 24.4 Å². The Bertz CT molecular complexity index is 545. The van der Waals surface area contributed by atoms with Crippen molar-refractivity contribution in [1.29, 1.82) is 0 Å². The van der Waals surface area contributed by atoms with Gasteiger partial charge in [0.15, 0.2) is 0 Å². The Kier molecular flexibility index (Phi) is 5.54. The molecule has 2 rings (SSSR count). The van der Waals surface area contributed by atoms with E-state index in [9.17, 15) is 5.11 Å². The van der Waals surface area contributed by atoms with Gasteiger partial charge in [-0.1, -0.05) is 6.07 Å². The van der Waals surface area contributed by atoms with Crippen LogP contribution in [0.4, 0.5) is 0 Å². The van der Waals surface area contributed by atoms with Crippen molar-refractivity contribution < 1.29 is 9.84 Å². The third-order valence-corrected chi connectivity index (χ3v) is 5.44. The van der Waals surface area contributed by atoms with Gasteiger partial charge < -0.3 is 9.84 Å². The summed E-state index contributed by atoms with van der Waals surface area (Å²) in [5.41, 5.74) is 0.720. The molecule has 0 spiro atoms. The lowest BCUT2D eigenvalue weighted by molar-refractivity contribution is 0.0775. The molecule has 0 aliphatic rings. The van der Waals surface area contributed by atoms with Gasteiger partial charge in [-0.05, 0) is 58.2 Å². The summed E-state index contributed by atoms with van der Waals surface area (Å²) in [5.74, 6) is 0.579. The maximum atomic E-state index is 10.4. The molecule has 2 aromatic rings. The summed E-state index contributed by atoms with van der Waals surface area (Å²) in [4.78, 5) is 8.44. The Hall–Kier alpha value is -0.260. The molecule has 19 heavy (non-hydrogen) atoms. The topological polar surface area (TPSA) is 60.2 Å². The fourth-order valence-electron chi connectivity index (χ4n) is 1.62. The summed E-state index contributed by atoms with van der Waals surface area (Å²) in [7, 11) is 0. The number of halogens is 2. The van der Waals surface area contributed by atoms with E-state index in [1.807, 2.05) is 17.6 Å². The third-order valence-electron chi connectivity index (χ3n) is 2.57. The number of aromatic nitrogens is 3. The summed E-state index contributed by atoms with van der Waals surface area (Å²) >= 11 is 4.36. The van der Waals surface area contributed by atoms with Crippen LogP contribution in [0.3, 0.4) is 0 Å². The number of hydrogen-bond acceptors (Lipinski definition) is 4. The zero-order valence-electron chi connectivity index (χ0n) is 10.3. The predicted octanol–water partition coefficient (Wildman–Crippen LogP) is 2.56. The van der Waals surface area contributed by atoms with Crippen molar-refractivity contribution >= 4 is 45.2 Å². The van der Waals surface area contributed by atoms with E-state index in [-0.39, 0.29) is 0 Å². The highest BCUT2D eigenvalue weighted by atomic mass is 127. The normalized spacial score (nSPS) is 12.6. The molecule has 102 valence electrons. The Morgan fingerprint density at radius 1 is 1.47 bits per heavy atom. The van der Waals surface area contributed by atoms with Crippen LogP contribution in [-0.2, 0) is 11.5 Å². The zero-order chi connectivity index (χ0) is 13.8. The molecule has 0 radical (unpaired) electrons. The maximum absolute atomic E-state index is 10.4. The van der Waals surface area contributed by atoms with Crippen LogP contribution in [0.5, 0.6) is 0 Å². The molecule has 0 aliphatic carbocycles. The molecule has 0 amide bonds. The zero-order valence-corrected chi connectivity index (χ0v) is 14.6. The molecular formula is C12H13I2N3O2. The Morgan fingerprint density at radius 2 is 2.26 bits per heavy atom.